The molecule has 0 saturated carbocycles. The van der Waals surface area contributed by atoms with Crippen molar-refractivity contribution in [2.24, 2.45) is 11.7 Å². The number of benzene rings is 1. The van der Waals surface area contributed by atoms with Crippen LogP contribution in [0.3, 0.4) is 0 Å². The van der Waals surface area contributed by atoms with Gasteiger partial charge in [0.1, 0.15) is 23.2 Å². The van der Waals surface area contributed by atoms with Crippen LogP contribution in [0.1, 0.15) is 37.0 Å². The van der Waals surface area contributed by atoms with Gasteiger partial charge in [-0.3, -0.25) is 9.59 Å². The van der Waals surface area contributed by atoms with Crippen LogP contribution < -0.4 is 16.4 Å². The summed E-state index contributed by atoms with van der Waals surface area (Å²) in [5.41, 5.74) is 4.69. The molecule has 1 atom stereocenters. The van der Waals surface area contributed by atoms with Crippen LogP contribution in [0.4, 0.5) is 8.78 Å². The Morgan fingerprint density at radius 3 is 2.30 bits per heavy atom. The maximum atomic E-state index is 13.6. The molecule has 7 heteroatoms. The fraction of sp³-hybridized carbons (Fsp3) is 0.500. The Morgan fingerprint density at radius 2 is 1.78 bits per heavy atom. The second-order valence-electron chi connectivity index (χ2n) is 5.58. The van der Waals surface area contributed by atoms with Crippen molar-refractivity contribution in [2.75, 3.05) is 13.1 Å². The number of hydrogen-bond donors (Lipinski definition) is 3. The van der Waals surface area contributed by atoms with E-state index in [4.69, 9.17) is 5.73 Å². The van der Waals surface area contributed by atoms with Crippen LogP contribution in [-0.2, 0) is 4.79 Å². The third kappa shape index (κ3) is 5.59. The number of nitrogens with two attached hydrogens (primary N) is 1. The molecule has 4 N–H and O–H groups in total. The highest BCUT2D eigenvalue weighted by atomic mass is 19.1. The molecule has 1 aromatic carbocycles. The van der Waals surface area contributed by atoms with Gasteiger partial charge in [-0.15, -0.1) is 0 Å². The lowest BCUT2D eigenvalue weighted by molar-refractivity contribution is -0.123. The summed E-state index contributed by atoms with van der Waals surface area (Å²) < 4.78 is 27.3. The molecule has 0 aliphatic carbocycles. The summed E-state index contributed by atoms with van der Waals surface area (Å²) in [6.07, 6.45) is 1.50. The summed E-state index contributed by atoms with van der Waals surface area (Å²) in [6, 6.07) is 2.29. The lowest BCUT2D eigenvalue weighted by Crippen LogP contribution is -2.50. The topological polar surface area (TPSA) is 84.2 Å². The standard InChI is InChI=1S/C16H23F2N3O2/c1-10(2)14(16(23)20-9-4-3-8-19)21-15(22)13-11(17)6-5-7-12(13)18/h5-7,10,14H,3-4,8-9,19H2,1-2H3,(H,20,23)(H,21,22). The average Bonchev–Trinajstić information content (AvgIpc) is 2.48. The van der Waals surface area contributed by atoms with Crippen molar-refractivity contribution in [1.82, 2.24) is 10.6 Å². The lowest BCUT2D eigenvalue weighted by Gasteiger charge is -2.22. The summed E-state index contributed by atoms with van der Waals surface area (Å²) in [7, 11) is 0. The first-order valence-corrected chi connectivity index (χ1v) is 7.61. The number of nitrogens with one attached hydrogen (secondary N) is 2. The van der Waals surface area contributed by atoms with Crippen LogP contribution in [-0.4, -0.2) is 30.9 Å². The van der Waals surface area contributed by atoms with Crippen LogP contribution in [0.25, 0.3) is 0 Å². The normalized spacial score (nSPS) is 12.1. The molecule has 23 heavy (non-hydrogen) atoms. The van der Waals surface area contributed by atoms with Crippen LogP contribution in [0.5, 0.6) is 0 Å². The van der Waals surface area contributed by atoms with Gasteiger partial charge in [-0.1, -0.05) is 19.9 Å². The highest BCUT2D eigenvalue weighted by molar-refractivity contribution is 5.98. The SMILES string of the molecule is CC(C)C(NC(=O)c1c(F)cccc1F)C(=O)NCCCCN. The van der Waals surface area contributed by atoms with Gasteiger partial charge in [0.15, 0.2) is 0 Å². The third-order valence-electron chi connectivity index (χ3n) is 3.36. The number of unbranched alkanes of at least 4 members (excludes halogenated alkanes) is 1. The number of hydrogen-bond acceptors (Lipinski definition) is 3. The van der Waals surface area contributed by atoms with Gasteiger partial charge >= 0.3 is 0 Å². The zero-order chi connectivity index (χ0) is 17.4. The van der Waals surface area contributed by atoms with E-state index in [1.165, 1.54) is 6.07 Å². The monoisotopic (exact) mass is 327 g/mol. The lowest BCUT2D eigenvalue weighted by atomic mass is 10.0. The van der Waals surface area contributed by atoms with Crippen molar-refractivity contribution >= 4 is 11.8 Å². The molecule has 1 rings (SSSR count). The zero-order valence-electron chi connectivity index (χ0n) is 13.4. The third-order valence-corrected chi connectivity index (χ3v) is 3.36. The van der Waals surface area contributed by atoms with E-state index in [0.717, 1.165) is 25.0 Å². The molecule has 0 radical (unpaired) electrons. The Hall–Kier alpha value is -2.02. The Bertz CT molecular complexity index is 530. The number of halogens is 2. The van der Waals surface area contributed by atoms with Gasteiger partial charge in [0.05, 0.1) is 0 Å². The predicted molar refractivity (Wildman–Crippen MR) is 83.7 cm³/mol. The van der Waals surface area contributed by atoms with Crippen LogP contribution in [0.15, 0.2) is 18.2 Å². The molecule has 128 valence electrons. The van der Waals surface area contributed by atoms with E-state index in [0.29, 0.717) is 13.1 Å². The zero-order valence-corrected chi connectivity index (χ0v) is 13.4. The summed E-state index contributed by atoms with van der Waals surface area (Å²) in [5, 5.41) is 5.09. The van der Waals surface area contributed by atoms with Crippen molar-refractivity contribution < 1.29 is 18.4 Å². The molecule has 1 aromatic rings. The van der Waals surface area contributed by atoms with E-state index in [2.05, 4.69) is 10.6 Å². The molecule has 0 heterocycles. The molecular formula is C16H23F2N3O2. The van der Waals surface area contributed by atoms with Gasteiger partial charge in [0, 0.05) is 6.54 Å². The molecule has 0 fully saturated rings. The van der Waals surface area contributed by atoms with Gasteiger partial charge in [0.25, 0.3) is 5.91 Å². The molecule has 2 amide bonds. The van der Waals surface area contributed by atoms with Gasteiger partial charge in [-0.25, -0.2) is 8.78 Å². The molecule has 1 unspecified atom stereocenters. The van der Waals surface area contributed by atoms with E-state index < -0.39 is 29.1 Å². The first-order valence-electron chi connectivity index (χ1n) is 7.61. The van der Waals surface area contributed by atoms with Gasteiger partial charge in [-0.05, 0) is 37.4 Å². The first kappa shape index (κ1) is 19.0. The maximum Gasteiger partial charge on any atom is 0.257 e. The molecule has 0 aromatic heterocycles. The second-order valence-corrected chi connectivity index (χ2v) is 5.58. The van der Waals surface area contributed by atoms with Gasteiger partial charge in [-0.2, -0.15) is 0 Å². The summed E-state index contributed by atoms with van der Waals surface area (Å²) in [5.74, 6) is -3.50. The maximum absolute atomic E-state index is 13.6. The minimum absolute atomic E-state index is 0.233. The number of carbonyl (C=O) groups excluding carboxylic acids is 2. The number of rotatable bonds is 8. The van der Waals surface area contributed by atoms with Crippen molar-refractivity contribution in [3.63, 3.8) is 0 Å². The Kier molecular flexibility index (Phi) is 7.61. The fourth-order valence-corrected chi connectivity index (χ4v) is 2.05. The molecule has 5 nitrogen and oxygen atoms in total. The minimum Gasteiger partial charge on any atom is -0.354 e. The molecule has 0 spiro atoms. The van der Waals surface area contributed by atoms with Crippen LogP contribution in [0.2, 0.25) is 0 Å². The van der Waals surface area contributed by atoms with Crippen molar-refractivity contribution in [3.05, 3.63) is 35.4 Å². The van der Waals surface area contributed by atoms with Crippen LogP contribution >= 0.6 is 0 Å². The molecular weight excluding hydrogens is 304 g/mol. The molecule has 0 aliphatic heterocycles. The highest BCUT2D eigenvalue weighted by Gasteiger charge is 2.26. The summed E-state index contributed by atoms with van der Waals surface area (Å²) in [4.78, 5) is 24.2. The smallest absolute Gasteiger partial charge is 0.257 e. The van der Waals surface area contributed by atoms with E-state index in [-0.39, 0.29) is 11.8 Å². The first-order chi connectivity index (χ1) is 10.9. The average molecular weight is 327 g/mol. The van der Waals surface area contributed by atoms with E-state index in [1.54, 1.807) is 13.8 Å². The Labute approximate surface area is 134 Å². The van der Waals surface area contributed by atoms with Crippen molar-refractivity contribution in [3.8, 4) is 0 Å². The number of carbonyl (C=O) groups is 2. The van der Waals surface area contributed by atoms with E-state index >= 15 is 0 Å². The second kappa shape index (κ2) is 9.19. The van der Waals surface area contributed by atoms with Crippen molar-refractivity contribution in [2.45, 2.75) is 32.7 Å². The highest BCUT2D eigenvalue weighted by Crippen LogP contribution is 2.13. The van der Waals surface area contributed by atoms with Gasteiger partial charge in [0.2, 0.25) is 5.91 Å². The number of amides is 2. The minimum atomic E-state index is -0.964. The van der Waals surface area contributed by atoms with Crippen LogP contribution in [0, 0.1) is 17.6 Å². The summed E-state index contributed by atoms with van der Waals surface area (Å²) >= 11 is 0. The predicted octanol–water partition coefficient (Wildman–Crippen LogP) is 1.57. The fourth-order valence-electron chi connectivity index (χ4n) is 2.05. The Morgan fingerprint density at radius 1 is 1.17 bits per heavy atom. The quantitative estimate of drug-likeness (QED) is 0.634. The molecule has 0 saturated heterocycles. The van der Waals surface area contributed by atoms with Crippen molar-refractivity contribution in [1.29, 1.82) is 0 Å². The Balaban J connectivity index is 2.76. The summed E-state index contributed by atoms with van der Waals surface area (Å²) in [6.45, 7) is 4.44. The van der Waals surface area contributed by atoms with E-state index in [9.17, 15) is 18.4 Å². The molecule has 0 bridgehead atoms. The molecule has 0 aliphatic rings. The van der Waals surface area contributed by atoms with E-state index in [1.807, 2.05) is 0 Å². The van der Waals surface area contributed by atoms with Gasteiger partial charge < -0.3 is 16.4 Å². The largest absolute Gasteiger partial charge is 0.354 e.